The van der Waals surface area contributed by atoms with E-state index >= 15 is 0 Å². The summed E-state index contributed by atoms with van der Waals surface area (Å²) in [4.78, 5) is 2.43. The van der Waals surface area contributed by atoms with Crippen LogP contribution >= 0.6 is 0 Å². The van der Waals surface area contributed by atoms with E-state index in [2.05, 4.69) is 50.9 Å². The van der Waals surface area contributed by atoms with Gasteiger partial charge in [0.05, 0.1) is 6.07 Å². The molecule has 100 valence electrons. The van der Waals surface area contributed by atoms with E-state index < -0.39 is 0 Å². The quantitative estimate of drug-likeness (QED) is 0.672. The summed E-state index contributed by atoms with van der Waals surface area (Å²) in [5.74, 6) is 0. The van der Waals surface area contributed by atoms with E-state index in [1.54, 1.807) is 0 Å². The lowest BCUT2D eigenvalue weighted by Crippen LogP contribution is -2.42. The Hall–Kier alpha value is -0.590. The van der Waals surface area contributed by atoms with Crippen molar-refractivity contribution in [2.45, 2.75) is 53.5 Å². The van der Waals surface area contributed by atoms with Gasteiger partial charge in [-0.15, -0.1) is 0 Å². The molecule has 3 heteroatoms. The Morgan fingerprint density at radius 3 is 2.35 bits per heavy atom. The molecule has 0 saturated carbocycles. The van der Waals surface area contributed by atoms with Crippen LogP contribution < -0.4 is 5.32 Å². The fourth-order valence-corrected chi connectivity index (χ4v) is 1.87. The Kier molecular flexibility index (Phi) is 8.20. The van der Waals surface area contributed by atoms with E-state index in [0.717, 1.165) is 32.6 Å². The molecule has 0 spiro atoms. The van der Waals surface area contributed by atoms with Gasteiger partial charge in [-0.05, 0) is 31.8 Å². The maximum atomic E-state index is 8.61. The Morgan fingerprint density at radius 2 is 1.88 bits per heavy atom. The summed E-state index contributed by atoms with van der Waals surface area (Å²) in [6.07, 6.45) is 1.62. The van der Waals surface area contributed by atoms with Crippen LogP contribution in [0.1, 0.15) is 47.5 Å². The van der Waals surface area contributed by atoms with E-state index in [4.69, 9.17) is 5.26 Å². The molecular formula is C14H29N3. The van der Waals surface area contributed by atoms with Crippen LogP contribution in [0.5, 0.6) is 0 Å². The largest absolute Gasteiger partial charge is 0.312 e. The predicted octanol–water partition coefficient (Wildman–Crippen LogP) is 2.64. The number of hydrogen-bond acceptors (Lipinski definition) is 3. The van der Waals surface area contributed by atoms with Crippen LogP contribution in [0.3, 0.4) is 0 Å². The molecule has 0 aliphatic heterocycles. The second-order valence-electron chi connectivity index (χ2n) is 5.59. The average molecular weight is 239 g/mol. The summed E-state index contributed by atoms with van der Waals surface area (Å²) < 4.78 is 0. The summed E-state index contributed by atoms with van der Waals surface area (Å²) in [7, 11) is 0. The van der Waals surface area contributed by atoms with Crippen molar-refractivity contribution in [1.82, 2.24) is 10.2 Å². The van der Waals surface area contributed by atoms with Crippen LogP contribution in [0, 0.1) is 16.7 Å². The number of nitrogens with one attached hydrogen (secondary N) is 1. The Bertz CT molecular complexity index is 226. The molecule has 0 aliphatic carbocycles. The van der Waals surface area contributed by atoms with Gasteiger partial charge in [0.25, 0.3) is 0 Å². The van der Waals surface area contributed by atoms with Crippen LogP contribution in [-0.2, 0) is 0 Å². The Labute approximate surface area is 107 Å². The molecule has 1 N–H and O–H groups in total. The van der Waals surface area contributed by atoms with Gasteiger partial charge in [0.15, 0.2) is 0 Å². The monoisotopic (exact) mass is 239 g/mol. The van der Waals surface area contributed by atoms with E-state index in [1.165, 1.54) is 0 Å². The minimum absolute atomic E-state index is 0.216. The van der Waals surface area contributed by atoms with Crippen molar-refractivity contribution in [1.29, 1.82) is 5.26 Å². The lowest BCUT2D eigenvalue weighted by Gasteiger charge is -2.29. The first kappa shape index (κ1) is 16.4. The van der Waals surface area contributed by atoms with Crippen molar-refractivity contribution in [3.05, 3.63) is 0 Å². The van der Waals surface area contributed by atoms with Crippen molar-refractivity contribution in [2.75, 3.05) is 26.2 Å². The summed E-state index contributed by atoms with van der Waals surface area (Å²) in [5.41, 5.74) is 0.216. The van der Waals surface area contributed by atoms with Crippen LogP contribution in [-0.4, -0.2) is 37.1 Å². The number of rotatable bonds is 9. The van der Waals surface area contributed by atoms with Gasteiger partial charge in [-0.2, -0.15) is 5.26 Å². The maximum Gasteiger partial charge on any atom is 0.0621 e. The number of hydrogen-bond donors (Lipinski definition) is 1. The van der Waals surface area contributed by atoms with Gasteiger partial charge >= 0.3 is 0 Å². The van der Waals surface area contributed by atoms with Crippen molar-refractivity contribution < 1.29 is 0 Å². The molecule has 0 radical (unpaired) electrons. The maximum absolute atomic E-state index is 8.61. The lowest BCUT2D eigenvalue weighted by molar-refractivity contribution is 0.245. The highest BCUT2D eigenvalue weighted by Gasteiger charge is 2.18. The summed E-state index contributed by atoms with van der Waals surface area (Å²) in [6.45, 7) is 15.4. The minimum atomic E-state index is 0.216. The first-order valence-electron chi connectivity index (χ1n) is 6.77. The molecule has 0 bridgehead atoms. The second-order valence-corrected chi connectivity index (χ2v) is 5.59. The molecule has 0 aromatic heterocycles. The molecule has 1 unspecified atom stereocenters. The smallest absolute Gasteiger partial charge is 0.0621 e. The molecule has 0 fully saturated rings. The van der Waals surface area contributed by atoms with Gasteiger partial charge in [-0.25, -0.2) is 0 Å². The van der Waals surface area contributed by atoms with Crippen molar-refractivity contribution in [3.63, 3.8) is 0 Å². The molecular weight excluding hydrogens is 210 g/mol. The van der Waals surface area contributed by atoms with Gasteiger partial charge in [-0.3, -0.25) is 0 Å². The van der Waals surface area contributed by atoms with Gasteiger partial charge in [0.1, 0.15) is 0 Å². The highest BCUT2D eigenvalue weighted by Crippen LogP contribution is 2.20. The van der Waals surface area contributed by atoms with E-state index in [0.29, 0.717) is 12.5 Å². The highest BCUT2D eigenvalue weighted by atomic mass is 15.1. The first-order chi connectivity index (χ1) is 7.95. The number of nitriles is 1. The topological polar surface area (TPSA) is 39.1 Å². The lowest BCUT2D eigenvalue weighted by atomic mass is 9.88. The van der Waals surface area contributed by atoms with Crippen LogP contribution in [0.2, 0.25) is 0 Å². The summed E-state index contributed by atoms with van der Waals surface area (Å²) in [5, 5.41) is 12.2. The third kappa shape index (κ3) is 8.18. The number of likely N-dealkylation sites (N-methyl/N-ethyl adjacent to an activating group) is 1. The van der Waals surface area contributed by atoms with Gasteiger partial charge in [-0.1, -0.05) is 27.7 Å². The molecule has 3 nitrogen and oxygen atoms in total. The zero-order valence-electron chi connectivity index (χ0n) is 12.2. The third-order valence-electron chi connectivity index (χ3n) is 3.27. The van der Waals surface area contributed by atoms with Crippen LogP contribution in [0.25, 0.3) is 0 Å². The van der Waals surface area contributed by atoms with E-state index in [1.807, 2.05) is 0 Å². The minimum Gasteiger partial charge on any atom is -0.312 e. The SMILES string of the molecule is CCN(CC)CC(C)NCC(C)(C)CCC#N. The average Bonchev–Trinajstić information content (AvgIpc) is 2.31. The van der Waals surface area contributed by atoms with Crippen molar-refractivity contribution in [2.24, 2.45) is 5.41 Å². The molecule has 0 heterocycles. The first-order valence-corrected chi connectivity index (χ1v) is 6.77. The van der Waals surface area contributed by atoms with E-state index in [9.17, 15) is 0 Å². The fourth-order valence-electron chi connectivity index (χ4n) is 1.87. The standard InChI is InChI=1S/C14H29N3/c1-6-17(7-2)11-13(3)16-12-14(4,5)9-8-10-15/h13,16H,6-9,11-12H2,1-5H3. The van der Waals surface area contributed by atoms with Gasteiger partial charge in [0.2, 0.25) is 0 Å². The zero-order valence-corrected chi connectivity index (χ0v) is 12.2. The van der Waals surface area contributed by atoms with Crippen molar-refractivity contribution in [3.8, 4) is 6.07 Å². The van der Waals surface area contributed by atoms with Crippen LogP contribution in [0.15, 0.2) is 0 Å². The molecule has 0 aromatic carbocycles. The Balaban J connectivity index is 3.89. The molecule has 0 aromatic rings. The molecule has 17 heavy (non-hydrogen) atoms. The highest BCUT2D eigenvalue weighted by molar-refractivity contribution is 4.80. The van der Waals surface area contributed by atoms with E-state index in [-0.39, 0.29) is 5.41 Å². The summed E-state index contributed by atoms with van der Waals surface area (Å²) >= 11 is 0. The Morgan fingerprint density at radius 1 is 1.29 bits per heavy atom. The zero-order chi connectivity index (χ0) is 13.3. The molecule has 0 rings (SSSR count). The fraction of sp³-hybridized carbons (Fsp3) is 0.929. The molecule has 0 amide bonds. The third-order valence-corrected chi connectivity index (χ3v) is 3.27. The summed E-state index contributed by atoms with van der Waals surface area (Å²) in [6, 6.07) is 2.74. The number of nitrogens with zero attached hydrogens (tertiary/aromatic N) is 2. The van der Waals surface area contributed by atoms with Crippen molar-refractivity contribution >= 4 is 0 Å². The second kappa shape index (κ2) is 8.49. The normalized spacial score (nSPS) is 13.7. The van der Waals surface area contributed by atoms with Gasteiger partial charge < -0.3 is 10.2 Å². The molecule has 0 aliphatic rings. The van der Waals surface area contributed by atoms with Crippen LogP contribution in [0.4, 0.5) is 0 Å². The molecule has 0 saturated heterocycles. The van der Waals surface area contributed by atoms with Gasteiger partial charge in [0, 0.05) is 25.6 Å². The predicted molar refractivity (Wildman–Crippen MR) is 73.9 cm³/mol. The molecule has 1 atom stereocenters.